The van der Waals surface area contributed by atoms with Crippen LogP contribution in [0.5, 0.6) is 0 Å². The molecule has 24 heavy (non-hydrogen) atoms. The predicted octanol–water partition coefficient (Wildman–Crippen LogP) is 0.152. The van der Waals surface area contributed by atoms with Gasteiger partial charge >= 0.3 is 0 Å². The van der Waals surface area contributed by atoms with Gasteiger partial charge in [-0.15, -0.1) is 0 Å². The zero-order valence-electron chi connectivity index (χ0n) is 15.9. The summed E-state index contributed by atoms with van der Waals surface area (Å²) in [5, 5.41) is 8.39. The fourth-order valence-electron chi connectivity index (χ4n) is 2.41. The summed E-state index contributed by atoms with van der Waals surface area (Å²) in [6.45, 7) is 6.23. The van der Waals surface area contributed by atoms with Crippen molar-refractivity contribution < 1.29 is 14.4 Å². The van der Waals surface area contributed by atoms with Gasteiger partial charge in [-0.2, -0.15) is 0 Å². The molecule has 0 spiro atoms. The number of hydrogen-bond donors (Lipinski definition) is 3. The van der Waals surface area contributed by atoms with E-state index in [-0.39, 0.29) is 36.1 Å². The van der Waals surface area contributed by atoms with Gasteiger partial charge in [-0.05, 0) is 59.8 Å². The Morgan fingerprint density at radius 2 is 1.67 bits per heavy atom. The molecule has 0 bridgehead atoms. The first-order valence-corrected chi connectivity index (χ1v) is 8.58. The Kier molecular flexibility index (Phi) is 11.2. The van der Waals surface area contributed by atoms with E-state index in [1.54, 1.807) is 7.05 Å². The zero-order chi connectivity index (χ0) is 18.7. The van der Waals surface area contributed by atoms with Crippen LogP contribution in [0.15, 0.2) is 0 Å². The van der Waals surface area contributed by atoms with Crippen LogP contribution in [0.4, 0.5) is 0 Å². The van der Waals surface area contributed by atoms with Crippen molar-refractivity contribution in [3.05, 3.63) is 0 Å². The third-order valence-electron chi connectivity index (χ3n) is 3.75. The van der Waals surface area contributed by atoms with Gasteiger partial charge in [0.15, 0.2) is 0 Å². The molecule has 2 atom stereocenters. The Morgan fingerprint density at radius 1 is 1.04 bits per heavy atom. The van der Waals surface area contributed by atoms with Gasteiger partial charge < -0.3 is 20.9 Å². The quantitative estimate of drug-likeness (QED) is 0.439. The maximum atomic E-state index is 12.4. The average Bonchev–Trinajstić information content (AvgIpc) is 2.47. The summed E-state index contributed by atoms with van der Waals surface area (Å²) in [6, 6.07) is -0.969. The van der Waals surface area contributed by atoms with Gasteiger partial charge in [0.25, 0.3) is 0 Å². The van der Waals surface area contributed by atoms with E-state index >= 15 is 0 Å². The smallest absolute Gasteiger partial charge is 0.242 e. The van der Waals surface area contributed by atoms with Gasteiger partial charge in [0.1, 0.15) is 11.8 Å². The fourth-order valence-corrected chi connectivity index (χ4v) is 2.41. The Balaban J connectivity index is 4.74. The second-order valence-corrected chi connectivity index (χ2v) is 6.79. The lowest BCUT2D eigenvalue weighted by atomic mass is 10.0. The van der Waals surface area contributed by atoms with Gasteiger partial charge in [-0.1, -0.05) is 13.8 Å². The van der Waals surface area contributed by atoms with E-state index in [0.29, 0.717) is 6.42 Å². The lowest BCUT2D eigenvalue weighted by Gasteiger charge is -2.24. The third-order valence-corrected chi connectivity index (χ3v) is 3.75. The van der Waals surface area contributed by atoms with Crippen molar-refractivity contribution in [2.24, 2.45) is 5.92 Å². The van der Waals surface area contributed by atoms with Crippen LogP contribution < -0.4 is 16.0 Å². The molecule has 3 N–H and O–H groups in total. The molecule has 0 aromatic carbocycles. The molecule has 0 aliphatic rings. The van der Waals surface area contributed by atoms with E-state index in [1.165, 1.54) is 6.92 Å². The van der Waals surface area contributed by atoms with Gasteiger partial charge in [0, 0.05) is 0 Å². The number of Topliss-reactive ketones (excluding diaryl/α,β-unsaturated/α-hetero) is 1. The first-order valence-electron chi connectivity index (χ1n) is 8.58. The molecule has 2 amide bonds. The number of rotatable bonds is 12. The molecule has 0 aliphatic heterocycles. The molecule has 0 heterocycles. The largest absolute Gasteiger partial charge is 0.347 e. The molecule has 7 heteroatoms. The molecule has 0 unspecified atom stereocenters. The number of nitrogens with one attached hydrogen (secondary N) is 3. The number of hydrogen-bond acceptors (Lipinski definition) is 5. The van der Waals surface area contributed by atoms with Crippen molar-refractivity contribution in [1.82, 2.24) is 20.9 Å². The second-order valence-electron chi connectivity index (χ2n) is 6.79. The summed E-state index contributed by atoms with van der Waals surface area (Å²) in [7, 11) is 5.73. The highest BCUT2D eigenvalue weighted by molar-refractivity contribution is 5.91. The molecule has 0 fully saturated rings. The molecule has 140 valence electrons. The molecule has 0 saturated heterocycles. The van der Waals surface area contributed by atoms with E-state index in [1.807, 2.05) is 27.9 Å². The topological polar surface area (TPSA) is 90.5 Å². The summed E-state index contributed by atoms with van der Waals surface area (Å²) in [5.74, 6) is -0.494. The highest BCUT2D eigenvalue weighted by Gasteiger charge is 2.26. The fraction of sp³-hybridized carbons (Fsp3) is 0.824. The van der Waals surface area contributed by atoms with E-state index in [4.69, 9.17) is 0 Å². The van der Waals surface area contributed by atoms with Crippen molar-refractivity contribution >= 4 is 17.6 Å². The standard InChI is InChI=1S/C17H34N4O3/c1-12(2)15(18-4)17(24)20-14(9-7-8-10-21(5)6)16(23)19-11-13(3)22/h12,14-15,18H,7-11H2,1-6H3,(H,19,23)(H,20,24)/t14-,15-/m0/s1. The summed E-state index contributed by atoms with van der Waals surface area (Å²) in [6.07, 6.45) is 2.32. The number of carbonyl (C=O) groups is 3. The minimum atomic E-state index is -0.617. The Bertz CT molecular complexity index is 411. The van der Waals surface area contributed by atoms with Gasteiger partial charge in [0.2, 0.25) is 11.8 Å². The normalized spacial score (nSPS) is 13.7. The van der Waals surface area contributed by atoms with Gasteiger partial charge in [0.05, 0.1) is 12.6 Å². The van der Waals surface area contributed by atoms with E-state index in [9.17, 15) is 14.4 Å². The van der Waals surface area contributed by atoms with Gasteiger partial charge in [-0.3, -0.25) is 14.4 Å². The highest BCUT2D eigenvalue weighted by atomic mass is 16.2. The average molecular weight is 342 g/mol. The van der Waals surface area contributed by atoms with Crippen molar-refractivity contribution in [3.63, 3.8) is 0 Å². The maximum Gasteiger partial charge on any atom is 0.242 e. The number of likely N-dealkylation sites (N-methyl/N-ethyl adjacent to an activating group) is 1. The number of nitrogens with zero attached hydrogens (tertiary/aromatic N) is 1. The van der Waals surface area contributed by atoms with Crippen molar-refractivity contribution in [2.45, 2.75) is 52.1 Å². The molecule has 0 aliphatic carbocycles. The van der Waals surface area contributed by atoms with Crippen LogP contribution in [0.3, 0.4) is 0 Å². The Labute approximate surface area is 145 Å². The first kappa shape index (κ1) is 22.5. The molecule has 0 radical (unpaired) electrons. The molecule has 0 saturated carbocycles. The van der Waals surface area contributed by atoms with Crippen LogP contribution in [0, 0.1) is 5.92 Å². The van der Waals surface area contributed by atoms with Crippen LogP contribution in [0.2, 0.25) is 0 Å². The summed E-state index contributed by atoms with van der Waals surface area (Å²) < 4.78 is 0. The zero-order valence-corrected chi connectivity index (χ0v) is 15.9. The minimum absolute atomic E-state index is 0.0114. The Hall–Kier alpha value is -1.47. The number of carbonyl (C=O) groups excluding carboxylic acids is 3. The number of ketones is 1. The summed E-state index contributed by atoms with van der Waals surface area (Å²) in [5.41, 5.74) is 0. The third kappa shape index (κ3) is 9.62. The van der Waals surface area contributed by atoms with Crippen molar-refractivity contribution in [2.75, 3.05) is 34.2 Å². The molecule has 7 nitrogen and oxygen atoms in total. The molecule has 0 aromatic rings. The Morgan fingerprint density at radius 3 is 2.12 bits per heavy atom. The first-order chi connectivity index (χ1) is 11.2. The molecular formula is C17H34N4O3. The predicted molar refractivity (Wildman–Crippen MR) is 95.7 cm³/mol. The van der Waals surface area contributed by atoms with E-state index in [2.05, 4.69) is 20.9 Å². The molecular weight excluding hydrogens is 308 g/mol. The maximum absolute atomic E-state index is 12.4. The number of amides is 2. The SMILES string of the molecule is CN[C@H](C(=O)N[C@@H](CCCCN(C)C)C(=O)NCC(C)=O)C(C)C. The van der Waals surface area contributed by atoms with Crippen molar-refractivity contribution in [1.29, 1.82) is 0 Å². The van der Waals surface area contributed by atoms with Crippen LogP contribution in [-0.4, -0.2) is 68.8 Å². The molecule has 0 rings (SSSR count). The van der Waals surface area contributed by atoms with Crippen LogP contribution in [0.25, 0.3) is 0 Å². The van der Waals surface area contributed by atoms with Crippen LogP contribution >= 0.6 is 0 Å². The van der Waals surface area contributed by atoms with Crippen LogP contribution in [-0.2, 0) is 14.4 Å². The number of unbranched alkanes of at least 4 members (excludes halogenated alkanes) is 1. The summed E-state index contributed by atoms with van der Waals surface area (Å²) in [4.78, 5) is 37.8. The second kappa shape index (κ2) is 12.0. The molecule has 0 aromatic heterocycles. The lowest BCUT2D eigenvalue weighted by molar-refractivity contribution is -0.131. The monoisotopic (exact) mass is 342 g/mol. The van der Waals surface area contributed by atoms with Crippen LogP contribution in [0.1, 0.15) is 40.0 Å². The summed E-state index contributed by atoms with van der Waals surface area (Å²) >= 11 is 0. The highest BCUT2D eigenvalue weighted by Crippen LogP contribution is 2.06. The van der Waals surface area contributed by atoms with Crippen molar-refractivity contribution in [3.8, 4) is 0 Å². The minimum Gasteiger partial charge on any atom is -0.347 e. The van der Waals surface area contributed by atoms with Gasteiger partial charge in [-0.25, -0.2) is 0 Å². The van der Waals surface area contributed by atoms with E-state index < -0.39 is 6.04 Å². The lowest BCUT2D eigenvalue weighted by Crippen LogP contribution is -2.54. The van der Waals surface area contributed by atoms with E-state index in [0.717, 1.165) is 19.4 Å².